The number of rotatable bonds is 3. The highest BCUT2D eigenvalue weighted by atomic mass is 19.4. The first-order chi connectivity index (χ1) is 11.9. The molecule has 0 radical (unpaired) electrons. The van der Waals surface area contributed by atoms with Crippen molar-refractivity contribution in [3.05, 3.63) is 23.9 Å². The van der Waals surface area contributed by atoms with E-state index in [-0.39, 0.29) is 30.2 Å². The van der Waals surface area contributed by atoms with Gasteiger partial charge in [-0.25, -0.2) is 4.98 Å². The molecule has 0 saturated carbocycles. The van der Waals surface area contributed by atoms with Crippen LogP contribution >= 0.6 is 0 Å². The Bertz CT molecular complexity index is 616. The molecule has 0 bridgehead atoms. The maximum Gasteiger partial charge on any atom is 0.419 e. The van der Waals surface area contributed by atoms with Gasteiger partial charge < -0.3 is 15.1 Å². The second kappa shape index (κ2) is 7.19. The number of anilines is 1. The second-order valence-corrected chi connectivity index (χ2v) is 6.75. The highest BCUT2D eigenvalue weighted by Crippen LogP contribution is 2.36. The smallest absolute Gasteiger partial charge is 0.355 e. The SMILES string of the molecule is CN(C(=O)[C@H]1CCCN(c2ncccc2C(F)(F)F)C1)[C@@H]1CCNC1. The first-order valence-corrected chi connectivity index (χ1v) is 8.62. The fourth-order valence-electron chi connectivity index (χ4n) is 3.68. The number of nitrogens with zero attached hydrogens (tertiary/aromatic N) is 3. The molecule has 0 aliphatic carbocycles. The lowest BCUT2D eigenvalue weighted by molar-refractivity contribution is -0.137. The van der Waals surface area contributed by atoms with Gasteiger partial charge in [-0.15, -0.1) is 0 Å². The number of pyridine rings is 1. The van der Waals surface area contributed by atoms with E-state index in [1.54, 1.807) is 16.8 Å². The number of carbonyl (C=O) groups is 1. The number of amides is 1. The van der Waals surface area contributed by atoms with Gasteiger partial charge in [-0.3, -0.25) is 4.79 Å². The van der Waals surface area contributed by atoms with E-state index in [4.69, 9.17) is 0 Å². The number of likely N-dealkylation sites (N-methyl/N-ethyl adjacent to an activating group) is 1. The summed E-state index contributed by atoms with van der Waals surface area (Å²) in [4.78, 5) is 20.1. The normalized spacial score (nSPS) is 24.4. The molecule has 0 unspecified atom stereocenters. The number of hydrogen-bond donors (Lipinski definition) is 1. The van der Waals surface area contributed by atoms with Crippen molar-refractivity contribution in [2.45, 2.75) is 31.5 Å². The molecule has 2 aliphatic rings. The molecule has 2 atom stereocenters. The van der Waals surface area contributed by atoms with Crippen molar-refractivity contribution in [1.29, 1.82) is 0 Å². The summed E-state index contributed by atoms with van der Waals surface area (Å²) in [5.74, 6) is -0.344. The number of hydrogen-bond acceptors (Lipinski definition) is 4. The van der Waals surface area contributed by atoms with Gasteiger partial charge in [0.15, 0.2) is 0 Å². The molecule has 5 nitrogen and oxygen atoms in total. The third-order valence-electron chi connectivity index (χ3n) is 5.09. The summed E-state index contributed by atoms with van der Waals surface area (Å²) in [6.45, 7) is 2.43. The molecule has 2 saturated heterocycles. The Morgan fingerprint density at radius 3 is 2.88 bits per heavy atom. The van der Waals surface area contributed by atoms with Crippen molar-refractivity contribution in [3.8, 4) is 0 Å². The average molecular weight is 356 g/mol. The van der Waals surface area contributed by atoms with Crippen molar-refractivity contribution in [3.63, 3.8) is 0 Å². The summed E-state index contributed by atoms with van der Waals surface area (Å²) in [6.07, 6.45) is -0.786. The molecule has 2 aliphatic heterocycles. The summed E-state index contributed by atoms with van der Waals surface area (Å²) in [6, 6.07) is 2.51. The van der Waals surface area contributed by atoms with Crippen LogP contribution in [0.15, 0.2) is 18.3 Å². The van der Waals surface area contributed by atoms with Crippen LogP contribution in [0, 0.1) is 5.92 Å². The van der Waals surface area contributed by atoms with Gasteiger partial charge in [-0.1, -0.05) is 0 Å². The van der Waals surface area contributed by atoms with Gasteiger partial charge in [0.1, 0.15) is 5.82 Å². The first kappa shape index (κ1) is 18.0. The standard InChI is InChI=1S/C17H23F3N4O/c1-23(13-6-8-21-10-13)16(25)12-4-3-9-24(11-12)15-14(17(18,19)20)5-2-7-22-15/h2,5,7,12-13,21H,3-4,6,8-11H2,1H3/t12-,13+/m0/s1. The minimum absolute atomic E-state index is 0.0166. The third-order valence-corrected chi connectivity index (χ3v) is 5.09. The first-order valence-electron chi connectivity index (χ1n) is 8.62. The van der Waals surface area contributed by atoms with Crippen LogP contribution in [0.25, 0.3) is 0 Å². The number of piperidine rings is 1. The second-order valence-electron chi connectivity index (χ2n) is 6.75. The minimum Gasteiger partial charge on any atom is -0.355 e. The van der Waals surface area contributed by atoms with E-state index in [0.29, 0.717) is 19.4 Å². The van der Waals surface area contributed by atoms with Crippen molar-refractivity contribution < 1.29 is 18.0 Å². The Balaban J connectivity index is 1.74. The van der Waals surface area contributed by atoms with Crippen molar-refractivity contribution in [1.82, 2.24) is 15.2 Å². The molecule has 1 amide bonds. The summed E-state index contributed by atoms with van der Waals surface area (Å²) in [5.41, 5.74) is -0.739. The van der Waals surface area contributed by atoms with E-state index in [0.717, 1.165) is 25.6 Å². The Morgan fingerprint density at radius 2 is 2.20 bits per heavy atom. The number of nitrogens with one attached hydrogen (secondary N) is 1. The molecule has 8 heteroatoms. The summed E-state index contributed by atoms with van der Waals surface area (Å²) in [7, 11) is 1.79. The van der Waals surface area contributed by atoms with Crippen LogP contribution in [0.3, 0.4) is 0 Å². The van der Waals surface area contributed by atoms with Crippen LogP contribution in [-0.4, -0.2) is 55.1 Å². The number of halogens is 3. The van der Waals surface area contributed by atoms with Gasteiger partial charge in [-0.2, -0.15) is 13.2 Å². The minimum atomic E-state index is -4.45. The largest absolute Gasteiger partial charge is 0.419 e. The Labute approximate surface area is 145 Å². The molecule has 1 N–H and O–H groups in total. The van der Waals surface area contributed by atoms with E-state index in [1.807, 2.05) is 0 Å². The topological polar surface area (TPSA) is 48.5 Å². The number of aromatic nitrogens is 1. The van der Waals surface area contributed by atoms with Crippen LogP contribution in [0.2, 0.25) is 0 Å². The molecule has 1 aromatic rings. The fourth-order valence-corrected chi connectivity index (χ4v) is 3.68. The van der Waals surface area contributed by atoms with Crippen LogP contribution in [0.1, 0.15) is 24.8 Å². The van der Waals surface area contributed by atoms with Gasteiger partial charge in [0.2, 0.25) is 5.91 Å². The van der Waals surface area contributed by atoms with Gasteiger partial charge in [0.25, 0.3) is 0 Å². The fraction of sp³-hybridized carbons (Fsp3) is 0.647. The zero-order chi connectivity index (χ0) is 18.0. The Kier molecular flexibility index (Phi) is 5.17. The van der Waals surface area contributed by atoms with Gasteiger partial charge in [0, 0.05) is 38.9 Å². The lowest BCUT2D eigenvalue weighted by atomic mass is 9.95. The highest BCUT2D eigenvalue weighted by molar-refractivity contribution is 5.80. The zero-order valence-corrected chi connectivity index (χ0v) is 14.2. The van der Waals surface area contributed by atoms with Crippen molar-refractivity contribution in [2.24, 2.45) is 5.92 Å². The monoisotopic (exact) mass is 356 g/mol. The van der Waals surface area contributed by atoms with E-state index in [2.05, 4.69) is 10.3 Å². The number of carbonyl (C=O) groups excluding carboxylic acids is 1. The van der Waals surface area contributed by atoms with Gasteiger partial charge in [0.05, 0.1) is 11.5 Å². The molecule has 0 aromatic carbocycles. The van der Waals surface area contributed by atoms with E-state index in [9.17, 15) is 18.0 Å². The third kappa shape index (κ3) is 3.89. The lowest BCUT2D eigenvalue weighted by Crippen LogP contribution is -2.47. The van der Waals surface area contributed by atoms with Gasteiger partial charge >= 0.3 is 6.18 Å². The van der Waals surface area contributed by atoms with E-state index < -0.39 is 11.7 Å². The molecule has 3 rings (SSSR count). The molecular weight excluding hydrogens is 333 g/mol. The average Bonchev–Trinajstić information content (AvgIpc) is 3.14. The van der Waals surface area contributed by atoms with Crippen LogP contribution in [-0.2, 0) is 11.0 Å². The number of alkyl halides is 3. The Hall–Kier alpha value is -1.83. The van der Waals surface area contributed by atoms with Crippen LogP contribution in [0.4, 0.5) is 19.0 Å². The van der Waals surface area contributed by atoms with Gasteiger partial charge in [-0.05, 0) is 37.9 Å². The molecule has 1 aromatic heterocycles. The quantitative estimate of drug-likeness (QED) is 0.902. The van der Waals surface area contributed by atoms with Crippen molar-refractivity contribution in [2.75, 3.05) is 38.1 Å². The molecule has 138 valence electrons. The van der Waals surface area contributed by atoms with E-state index in [1.165, 1.54) is 12.3 Å². The predicted molar refractivity (Wildman–Crippen MR) is 88.2 cm³/mol. The van der Waals surface area contributed by atoms with E-state index >= 15 is 0 Å². The molecule has 3 heterocycles. The zero-order valence-electron chi connectivity index (χ0n) is 14.2. The predicted octanol–water partition coefficient (Wildman–Crippen LogP) is 2.14. The maximum atomic E-state index is 13.2. The molecule has 25 heavy (non-hydrogen) atoms. The Morgan fingerprint density at radius 1 is 1.40 bits per heavy atom. The maximum absolute atomic E-state index is 13.2. The van der Waals surface area contributed by atoms with Crippen LogP contribution < -0.4 is 10.2 Å². The molecular formula is C17H23F3N4O. The summed E-state index contributed by atoms with van der Waals surface area (Å²) < 4.78 is 39.7. The van der Waals surface area contributed by atoms with Crippen molar-refractivity contribution >= 4 is 11.7 Å². The summed E-state index contributed by atoms with van der Waals surface area (Å²) in [5, 5.41) is 3.23. The molecule has 2 fully saturated rings. The van der Waals surface area contributed by atoms with Crippen LogP contribution in [0.5, 0.6) is 0 Å². The lowest BCUT2D eigenvalue weighted by Gasteiger charge is -2.36. The summed E-state index contributed by atoms with van der Waals surface area (Å²) >= 11 is 0. The highest BCUT2D eigenvalue weighted by Gasteiger charge is 2.38. The molecule has 0 spiro atoms.